The number of hydrogen-bond acceptors (Lipinski definition) is 3. The number of methoxy groups -OCH3 is 1. The zero-order valence-electron chi connectivity index (χ0n) is 10.3. The molecular weight excluding hydrogens is 247 g/mol. The summed E-state index contributed by atoms with van der Waals surface area (Å²) in [5.41, 5.74) is 6.18. The van der Waals surface area contributed by atoms with Gasteiger partial charge >= 0.3 is 0 Å². The van der Waals surface area contributed by atoms with Crippen molar-refractivity contribution in [2.45, 2.75) is 0 Å². The van der Waals surface area contributed by atoms with Gasteiger partial charge in [0.25, 0.3) is 5.91 Å². The molecule has 0 aliphatic carbocycles. The lowest BCUT2D eigenvalue weighted by molar-refractivity contribution is 0.102. The van der Waals surface area contributed by atoms with Crippen LogP contribution in [0.4, 0.5) is 15.8 Å². The molecule has 0 aliphatic rings. The van der Waals surface area contributed by atoms with E-state index in [2.05, 4.69) is 5.32 Å². The molecule has 0 unspecified atom stereocenters. The molecule has 2 rings (SSSR count). The molecule has 98 valence electrons. The molecule has 0 fully saturated rings. The van der Waals surface area contributed by atoms with Gasteiger partial charge in [0.1, 0.15) is 11.6 Å². The molecule has 0 bridgehead atoms. The first-order valence-electron chi connectivity index (χ1n) is 5.60. The predicted molar refractivity (Wildman–Crippen MR) is 71.8 cm³/mol. The summed E-state index contributed by atoms with van der Waals surface area (Å²) in [6.07, 6.45) is 0. The van der Waals surface area contributed by atoms with E-state index >= 15 is 0 Å². The maximum Gasteiger partial charge on any atom is 0.255 e. The molecule has 0 spiro atoms. The van der Waals surface area contributed by atoms with E-state index in [1.807, 2.05) is 0 Å². The number of carbonyl (C=O) groups excluding carboxylic acids is 1. The van der Waals surface area contributed by atoms with E-state index in [1.54, 1.807) is 24.3 Å². The third kappa shape index (κ3) is 3.01. The average Bonchev–Trinajstić information content (AvgIpc) is 2.43. The molecule has 0 saturated carbocycles. The minimum Gasteiger partial charge on any atom is -0.497 e. The summed E-state index contributed by atoms with van der Waals surface area (Å²) in [7, 11) is 1.52. The van der Waals surface area contributed by atoms with Gasteiger partial charge in [-0.1, -0.05) is 6.07 Å². The lowest BCUT2D eigenvalue weighted by Crippen LogP contribution is -2.12. The van der Waals surface area contributed by atoms with Gasteiger partial charge in [0, 0.05) is 11.3 Å². The minimum absolute atomic E-state index is 0.0411. The Hall–Kier alpha value is -2.56. The molecule has 0 radical (unpaired) electrons. The van der Waals surface area contributed by atoms with Crippen LogP contribution in [-0.4, -0.2) is 13.0 Å². The standard InChI is InChI=1S/C14H13FN2O2/c1-19-11-4-2-3-9(7-11)14(18)17-10-5-6-13(16)12(15)8-10/h2-8H,16H2,1H3,(H,17,18). The van der Waals surface area contributed by atoms with Crippen molar-refractivity contribution in [3.63, 3.8) is 0 Å². The number of nitrogens with one attached hydrogen (secondary N) is 1. The second kappa shape index (κ2) is 5.39. The molecule has 19 heavy (non-hydrogen) atoms. The Kier molecular flexibility index (Phi) is 3.66. The summed E-state index contributed by atoms with van der Waals surface area (Å²) in [4.78, 5) is 12.0. The Morgan fingerprint density at radius 2 is 2.05 bits per heavy atom. The number of carbonyl (C=O) groups is 1. The van der Waals surface area contributed by atoms with E-state index in [0.717, 1.165) is 0 Å². The Bertz CT molecular complexity index is 614. The second-order valence-electron chi connectivity index (χ2n) is 3.92. The molecular formula is C14H13FN2O2. The van der Waals surface area contributed by atoms with Crippen molar-refractivity contribution in [1.29, 1.82) is 0 Å². The molecule has 2 aromatic carbocycles. The third-order valence-electron chi connectivity index (χ3n) is 2.59. The van der Waals surface area contributed by atoms with E-state index in [4.69, 9.17) is 10.5 Å². The van der Waals surface area contributed by atoms with Crippen LogP contribution in [0.5, 0.6) is 5.75 Å². The van der Waals surface area contributed by atoms with Crippen LogP contribution in [0.1, 0.15) is 10.4 Å². The first kappa shape index (κ1) is 12.9. The van der Waals surface area contributed by atoms with Gasteiger partial charge in [-0.15, -0.1) is 0 Å². The van der Waals surface area contributed by atoms with Crippen LogP contribution in [0, 0.1) is 5.82 Å². The number of anilines is 2. The van der Waals surface area contributed by atoms with E-state index in [9.17, 15) is 9.18 Å². The Morgan fingerprint density at radius 3 is 2.74 bits per heavy atom. The van der Waals surface area contributed by atoms with E-state index in [0.29, 0.717) is 17.0 Å². The normalized spacial score (nSPS) is 10.0. The van der Waals surface area contributed by atoms with Crippen molar-refractivity contribution >= 4 is 17.3 Å². The number of halogens is 1. The Balaban J connectivity index is 2.18. The summed E-state index contributed by atoms with van der Waals surface area (Å²) in [5.74, 6) is -0.331. The second-order valence-corrected chi connectivity index (χ2v) is 3.92. The lowest BCUT2D eigenvalue weighted by Gasteiger charge is -2.07. The van der Waals surface area contributed by atoms with Gasteiger partial charge in [0.05, 0.1) is 12.8 Å². The van der Waals surface area contributed by atoms with E-state index in [-0.39, 0.29) is 11.6 Å². The van der Waals surface area contributed by atoms with Crippen LogP contribution in [0.25, 0.3) is 0 Å². The maximum atomic E-state index is 13.3. The Labute approximate surface area is 110 Å². The van der Waals surface area contributed by atoms with Crippen LogP contribution in [0.2, 0.25) is 0 Å². The minimum atomic E-state index is -0.566. The van der Waals surface area contributed by atoms with Crippen molar-refractivity contribution < 1.29 is 13.9 Å². The quantitative estimate of drug-likeness (QED) is 0.834. The molecule has 1 amide bonds. The van der Waals surface area contributed by atoms with Gasteiger partial charge in [0.15, 0.2) is 0 Å². The van der Waals surface area contributed by atoms with Gasteiger partial charge in [-0.3, -0.25) is 4.79 Å². The third-order valence-corrected chi connectivity index (χ3v) is 2.59. The number of nitrogens with two attached hydrogens (primary N) is 1. The monoisotopic (exact) mass is 260 g/mol. The zero-order chi connectivity index (χ0) is 13.8. The highest BCUT2D eigenvalue weighted by molar-refractivity contribution is 6.04. The smallest absolute Gasteiger partial charge is 0.255 e. The van der Waals surface area contributed by atoms with Crippen molar-refractivity contribution in [3.8, 4) is 5.75 Å². The summed E-state index contributed by atoms with van der Waals surface area (Å²) in [5, 5.41) is 2.59. The van der Waals surface area contributed by atoms with Crippen LogP contribution < -0.4 is 15.8 Å². The zero-order valence-corrected chi connectivity index (χ0v) is 10.3. The summed E-state index contributed by atoms with van der Waals surface area (Å²) in [6.45, 7) is 0. The highest BCUT2D eigenvalue weighted by Crippen LogP contribution is 2.18. The van der Waals surface area contributed by atoms with Gasteiger partial charge in [-0.25, -0.2) is 4.39 Å². The highest BCUT2D eigenvalue weighted by Gasteiger charge is 2.08. The number of nitrogen functional groups attached to an aromatic ring is 1. The number of amides is 1. The molecule has 0 atom stereocenters. The fraction of sp³-hybridized carbons (Fsp3) is 0.0714. The van der Waals surface area contributed by atoms with Crippen LogP contribution in [-0.2, 0) is 0 Å². The van der Waals surface area contributed by atoms with Crippen molar-refractivity contribution in [2.75, 3.05) is 18.2 Å². The first-order chi connectivity index (χ1) is 9.10. The largest absolute Gasteiger partial charge is 0.497 e. The fourth-order valence-electron chi connectivity index (χ4n) is 1.57. The molecule has 4 nitrogen and oxygen atoms in total. The van der Waals surface area contributed by atoms with Crippen molar-refractivity contribution in [1.82, 2.24) is 0 Å². The molecule has 0 heterocycles. The van der Waals surface area contributed by atoms with Gasteiger partial charge in [-0.05, 0) is 36.4 Å². The fourth-order valence-corrected chi connectivity index (χ4v) is 1.57. The van der Waals surface area contributed by atoms with Gasteiger partial charge in [-0.2, -0.15) is 0 Å². The van der Waals surface area contributed by atoms with Gasteiger partial charge in [0.2, 0.25) is 0 Å². The highest BCUT2D eigenvalue weighted by atomic mass is 19.1. The van der Waals surface area contributed by atoms with E-state index < -0.39 is 5.82 Å². The topological polar surface area (TPSA) is 64.3 Å². The number of hydrogen-bond donors (Lipinski definition) is 2. The summed E-state index contributed by atoms with van der Waals surface area (Å²) in [6, 6.07) is 10.8. The number of rotatable bonds is 3. The van der Waals surface area contributed by atoms with Crippen LogP contribution in [0.15, 0.2) is 42.5 Å². The first-order valence-corrected chi connectivity index (χ1v) is 5.60. The molecule has 3 N–H and O–H groups in total. The number of ether oxygens (including phenoxy) is 1. The molecule has 0 saturated heterocycles. The number of benzene rings is 2. The predicted octanol–water partition coefficient (Wildman–Crippen LogP) is 2.67. The van der Waals surface area contributed by atoms with Crippen molar-refractivity contribution in [2.24, 2.45) is 0 Å². The van der Waals surface area contributed by atoms with Crippen molar-refractivity contribution in [3.05, 3.63) is 53.8 Å². The molecule has 0 aromatic heterocycles. The molecule has 2 aromatic rings. The van der Waals surface area contributed by atoms with Crippen LogP contribution in [0.3, 0.4) is 0 Å². The van der Waals surface area contributed by atoms with E-state index in [1.165, 1.54) is 25.3 Å². The lowest BCUT2D eigenvalue weighted by atomic mass is 10.2. The summed E-state index contributed by atoms with van der Waals surface area (Å²) < 4.78 is 18.3. The molecule has 0 aliphatic heterocycles. The Morgan fingerprint density at radius 1 is 1.26 bits per heavy atom. The van der Waals surface area contributed by atoms with Crippen LogP contribution >= 0.6 is 0 Å². The average molecular weight is 260 g/mol. The summed E-state index contributed by atoms with van der Waals surface area (Å²) >= 11 is 0. The van der Waals surface area contributed by atoms with Gasteiger partial charge < -0.3 is 15.8 Å². The molecule has 5 heteroatoms. The maximum absolute atomic E-state index is 13.3. The SMILES string of the molecule is COc1cccc(C(=O)Nc2ccc(N)c(F)c2)c1.